The van der Waals surface area contributed by atoms with Gasteiger partial charge in [0.25, 0.3) is 0 Å². The van der Waals surface area contributed by atoms with Crippen LogP contribution in [0.25, 0.3) is 0 Å². The number of amides is 1. The van der Waals surface area contributed by atoms with Gasteiger partial charge >= 0.3 is 75.4 Å². The van der Waals surface area contributed by atoms with Crippen LogP contribution in [0.2, 0.25) is 0 Å². The fourth-order valence-corrected chi connectivity index (χ4v) is 1.17. The van der Waals surface area contributed by atoms with Crippen LogP contribution in [0, 0.1) is 0 Å². The molecular formula is C5H6N3NaO2. The van der Waals surface area contributed by atoms with Crippen molar-refractivity contribution in [2.24, 2.45) is 5.73 Å². The van der Waals surface area contributed by atoms with Crippen LogP contribution >= 0.6 is 0 Å². The van der Waals surface area contributed by atoms with E-state index in [9.17, 15) is 4.79 Å². The summed E-state index contributed by atoms with van der Waals surface area (Å²) in [5.41, 5.74) is 5.30. The molecule has 0 fully saturated rings. The van der Waals surface area contributed by atoms with Gasteiger partial charge in [0, 0.05) is 0 Å². The predicted octanol–water partition coefficient (Wildman–Crippen LogP) is -2.46. The van der Waals surface area contributed by atoms with E-state index in [-0.39, 0.29) is 5.48 Å². The summed E-state index contributed by atoms with van der Waals surface area (Å²) < 4.78 is 0.704. The Balaban J connectivity index is 0.000001000. The third-order valence-corrected chi connectivity index (χ3v) is 1.85. The van der Waals surface area contributed by atoms with E-state index in [1.807, 2.05) is 0 Å². The fraction of sp³-hybridized carbons (Fsp3) is 0. The second-order valence-electron chi connectivity index (χ2n) is 1.85. The topological polar surface area (TPSA) is 100 Å². The van der Waals surface area contributed by atoms with Crippen LogP contribution in [0.4, 0.5) is 0 Å². The zero-order valence-electron chi connectivity index (χ0n) is 6.03. The standard InChI is InChI=1S/C5H4N3O.Na.H2O/c6-5(9)4-3-7-1-2-8-4;;/h1-2H,(H2,6,9);;1H2. The summed E-state index contributed by atoms with van der Waals surface area (Å²) in [6, 6.07) is 0. The molecule has 0 aliphatic heterocycles. The first kappa shape index (κ1) is 10.5. The zero-order valence-corrected chi connectivity index (χ0v) is 8.03. The molecule has 0 aliphatic rings. The molecule has 6 heteroatoms. The van der Waals surface area contributed by atoms with Crippen LogP contribution < -0.4 is 8.68 Å². The molecule has 1 rings (SSSR count). The minimum Gasteiger partial charge on any atom is -0.412 e. The number of nitrogens with zero attached hydrogens (tertiary/aromatic N) is 2. The Hall–Kier alpha value is -0.490. The van der Waals surface area contributed by atoms with E-state index < -0.39 is 5.91 Å². The summed E-state index contributed by atoms with van der Waals surface area (Å²) in [6.45, 7) is 0. The Labute approximate surface area is 80.8 Å². The SMILES string of the molecule is NC(=O)c1nccn[c]1[Na].O. The third kappa shape index (κ3) is 2.55. The second-order valence-corrected chi connectivity index (χ2v) is 2.80. The predicted molar refractivity (Wildman–Crippen MR) is 39.6 cm³/mol. The minimum atomic E-state index is -0.502. The van der Waals surface area contributed by atoms with E-state index >= 15 is 0 Å². The van der Waals surface area contributed by atoms with Gasteiger partial charge in [0.2, 0.25) is 0 Å². The molecule has 1 amide bonds. The van der Waals surface area contributed by atoms with Gasteiger partial charge < -0.3 is 5.48 Å². The first-order valence-corrected chi connectivity index (χ1v) is 3.79. The molecule has 5 nitrogen and oxygen atoms in total. The average Bonchev–Trinajstić information content (AvgIpc) is 1.88. The molecule has 0 unspecified atom stereocenters. The van der Waals surface area contributed by atoms with E-state index in [1.54, 1.807) is 6.20 Å². The van der Waals surface area contributed by atoms with E-state index in [1.165, 1.54) is 6.20 Å². The maximum absolute atomic E-state index is 10.6. The molecular weight excluding hydrogens is 157 g/mol. The van der Waals surface area contributed by atoms with Crippen LogP contribution in [0.5, 0.6) is 0 Å². The summed E-state index contributed by atoms with van der Waals surface area (Å²) in [4.78, 5) is 18.2. The molecule has 0 saturated heterocycles. The van der Waals surface area contributed by atoms with Crippen molar-refractivity contribution in [2.45, 2.75) is 0 Å². The van der Waals surface area contributed by atoms with Crippen molar-refractivity contribution in [2.75, 3.05) is 0 Å². The molecule has 0 aromatic carbocycles. The summed E-state index contributed by atoms with van der Waals surface area (Å²) in [7, 11) is 0. The second kappa shape index (κ2) is 4.40. The van der Waals surface area contributed by atoms with E-state index in [2.05, 4.69) is 9.97 Å². The van der Waals surface area contributed by atoms with Gasteiger partial charge in [0.05, 0.1) is 0 Å². The largest absolute Gasteiger partial charge is 0.412 e. The van der Waals surface area contributed by atoms with E-state index in [0.29, 0.717) is 36.6 Å². The first-order valence-electron chi connectivity index (χ1n) is 2.79. The Morgan fingerprint density at radius 2 is 2.00 bits per heavy atom. The smallest absolute Gasteiger partial charge is 0.412 e. The monoisotopic (exact) mass is 163 g/mol. The van der Waals surface area contributed by atoms with Crippen molar-refractivity contribution in [3.63, 3.8) is 0 Å². The van der Waals surface area contributed by atoms with Crippen molar-refractivity contribution >= 4 is 36.8 Å². The molecule has 0 radical (unpaired) electrons. The molecule has 4 N–H and O–H groups in total. The molecule has 54 valence electrons. The zero-order chi connectivity index (χ0) is 7.56. The van der Waals surface area contributed by atoms with Gasteiger partial charge in [-0.2, -0.15) is 0 Å². The molecule has 1 aromatic heterocycles. The fourth-order valence-electron chi connectivity index (χ4n) is 0.649. The molecule has 0 bridgehead atoms. The van der Waals surface area contributed by atoms with Crippen LogP contribution in [0.1, 0.15) is 10.5 Å². The van der Waals surface area contributed by atoms with Crippen molar-refractivity contribution in [1.82, 2.24) is 9.97 Å². The van der Waals surface area contributed by atoms with E-state index in [0.717, 1.165) is 0 Å². The first-order chi connectivity index (χ1) is 4.72. The molecule has 0 saturated carbocycles. The van der Waals surface area contributed by atoms with Crippen LogP contribution in [0.15, 0.2) is 12.4 Å². The summed E-state index contributed by atoms with van der Waals surface area (Å²) >= 11 is 0.699. The van der Waals surface area contributed by atoms with Gasteiger partial charge in [-0.1, -0.05) is 0 Å². The average molecular weight is 163 g/mol. The van der Waals surface area contributed by atoms with Gasteiger partial charge in [-0.15, -0.1) is 0 Å². The van der Waals surface area contributed by atoms with Crippen molar-refractivity contribution in [3.05, 3.63) is 18.1 Å². The number of aromatic nitrogens is 2. The molecule has 11 heavy (non-hydrogen) atoms. The maximum atomic E-state index is 10.6. The van der Waals surface area contributed by atoms with Crippen LogP contribution in [-0.4, -0.2) is 49.3 Å². The van der Waals surface area contributed by atoms with Gasteiger partial charge in [-0.3, -0.25) is 0 Å². The number of carbonyl (C=O) groups excluding carboxylic acids is 1. The van der Waals surface area contributed by atoms with Crippen molar-refractivity contribution < 1.29 is 10.3 Å². The number of rotatable bonds is 1. The van der Waals surface area contributed by atoms with Crippen molar-refractivity contribution in [3.8, 4) is 0 Å². The Morgan fingerprint density at radius 1 is 1.45 bits per heavy atom. The van der Waals surface area contributed by atoms with Gasteiger partial charge in [0.15, 0.2) is 0 Å². The van der Waals surface area contributed by atoms with Crippen molar-refractivity contribution in [1.29, 1.82) is 0 Å². The van der Waals surface area contributed by atoms with E-state index in [4.69, 9.17) is 5.73 Å². The number of hydrogen-bond donors (Lipinski definition) is 1. The molecule has 0 spiro atoms. The van der Waals surface area contributed by atoms with Crippen LogP contribution in [-0.2, 0) is 0 Å². The van der Waals surface area contributed by atoms with Gasteiger partial charge in [-0.25, -0.2) is 0 Å². The summed E-state index contributed by atoms with van der Waals surface area (Å²) in [6.07, 6.45) is 3.01. The quantitative estimate of drug-likeness (QED) is 0.465. The number of nitrogens with two attached hydrogens (primary N) is 1. The molecule has 1 aromatic rings. The third-order valence-electron chi connectivity index (χ3n) is 1.11. The van der Waals surface area contributed by atoms with Gasteiger partial charge in [0.1, 0.15) is 0 Å². The number of primary amides is 1. The normalized spacial score (nSPS) is 8.55. The van der Waals surface area contributed by atoms with Crippen LogP contribution in [0.3, 0.4) is 0 Å². The van der Waals surface area contributed by atoms with Gasteiger partial charge in [-0.05, 0) is 0 Å². The number of carbonyl (C=O) groups is 1. The Morgan fingerprint density at radius 3 is 2.36 bits per heavy atom. The maximum Gasteiger partial charge on any atom is -0.412 e. The summed E-state index contributed by atoms with van der Waals surface area (Å²) in [5, 5.41) is 0. The Kier molecular flexibility index (Phi) is 4.20. The number of hydrogen-bond acceptors (Lipinski definition) is 3. The molecule has 0 atom stereocenters. The molecule has 0 aliphatic carbocycles. The molecule has 1 heterocycles. The Bertz CT molecular complexity index is 266. The summed E-state index contributed by atoms with van der Waals surface area (Å²) in [5.74, 6) is -0.502. The minimum absolute atomic E-state index is 0.